The van der Waals surface area contributed by atoms with Crippen molar-refractivity contribution in [3.05, 3.63) is 23.8 Å². The van der Waals surface area contributed by atoms with Crippen LogP contribution in [0.15, 0.2) is 18.2 Å². The monoisotopic (exact) mass is 263 g/mol. The van der Waals surface area contributed by atoms with Gasteiger partial charge in [0.15, 0.2) is 11.5 Å². The quantitative estimate of drug-likeness (QED) is 0.831. The number of hydrogen-bond donors (Lipinski definition) is 1. The van der Waals surface area contributed by atoms with Crippen molar-refractivity contribution in [1.29, 1.82) is 0 Å². The van der Waals surface area contributed by atoms with Crippen molar-refractivity contribution in [3.63, 3.8) is 0 Å². The van der Waals surface area contributed by atoms with E-state index < -0.39 is 0 Å². The van der Waals surface area contributed by atoms with Crippen LogP contribution < -0.4 is 14.8 Å². The zero-order chi connectivity index (χ0) is 12.4. The first-order valence-electron chi connectivity index (χ1n) is 6.53. The topological polar surface area (TPSA) is 30.5 Å². The molecule has 96 valence electrons. The second-order valence-electron chi connectivity index (χ2n) is 4.88. The van der Waals surface area contributed by atoms with Gasteiger partial charge in [-0.15, -0.1) is 0 Å². The maximum atomic E-state index is 5.47. The van der Waals surface area contributed by atoms with Crippen molar-refractivity contribution in [1.82, 2.24) is 5.32 Å². The second-order valence-corrected chi connectivity index (χ2v) is 5.28. The predicted octanol–water partition coefficient (Wildman–Crippen LogP) is 3.01. The highest BCUT2D eigenvalue weighted by Crippen LogP contribution is 2.32. The molecule has 1 N–H and O–H groups in total. The Hall–Kier alpha value is -1.29. The maximum Gasteiger partial charge on any atom is 0.231 e. The van der Waals surface area contributed by atoms with Gasteiger partial charge >= 0.3 is 0 Å². The molecule has 0 bridgehead atoms. The second kappa shape index (κ2) is 5.14. The molecular formula is C14H17NO2S. The van der Waals surface area contributed by atoms with Crippen LogP contribution in [0, 0.1) is 0 Å². The van der Waals surface area contributed by atoms with E-state index in [9.17, 15) is 0 Å². The Labute approximate surface area is 112 Å². The van der Waals surface area contributed by atoms with Crippen LogP contribution in [0.25, 0.3) is 0 Å². The van der Waals surface area contributed by atoms with Gasteiger partial charge in [0.25, 0.3) is 0 Å². The van der Waals surface area contributed by atoms with Gasteiger partial charge in [0.05, 0.1) is 0 Å². The number of nitrogens with one attached hydrogen (secondary N) is 1. The van der Waals surface area contributed by atoms with E-state index in [4.69, 9.17) is 21.7 Å². The molecule has 1 heterocycles. The van der Waals surface area contributed by atoms with Gasteiger partial charge in [0.2, 0.25) is 6.79 Å². The molecule has 3 nitrogen and oxygen atoms in total. The lowest BCUT2D eigenvalue weighted by molar-refractivity contribution is 0.174. The summed E-state index contributed by atoms with van der Waals surface area (Å²) in [5.74, 6) is 1.60. The first kappa shape index (κ1) is 11.8. The van der Waals surface area contributed by atoms with Gasteiger partial charge in [-0.2, -0.15) is 0 Å². The molecule has 3 rings (SSSR count). The number of thiocarbonyl (C=S) groups is 1. The number of fused-ring (bicyclic) bond motifs is 1. The third kappa shape index (κ3) is 2.43. The summed E-state index contributed by atoms with van der Waals surface area (Å²) in [6.45, 7) is 0.307. The highest BCUT2D eigenvalue weighted by Gasteiger charge is 2.17. The van der Waals surface area contributed by atoms with Crippen LogP contribution in [-0.2, 0) is 0 Å². The minimum absolute atomic E-state index is 0.307. The molecule has 1 aromatic carbocycles. The first-order valence-corrected chi connectivity index (χ1v) is 6.94. The van der Waals surface area contributed by atoms with Crippen LogP contribution in [0.1, 0.15) is 37.7 Å². The zero-order valence-electron chi connectivity index (χ0n) is 10.3. The third-order valence-corrected chi connectivity index (χ3v) is 3.93. The molecule has 0 unspecified atom stereocenters. The smallest absolute Gasteiger partial charge is 0.231 e. The molecule has 1 saturated carbocycles. The average Bonchev–Trinajstić information content (AvgIpc) is 2.87. The van der Waals surface area contributed by atoms with Gasteiger partial charge in [-0.25, -0.2) is 0 Å². The lowest BCUT2D eigenvalue weighted by Crippen LogP contribution is -2.35. The van der Waals surface area contributed by atoms with Gasteiger partial charge < -0.3 is 14.8 Å². The predicted molar refractivity (Wildman–Crippen MR) is 74.3 cm³/mol. The van der Waals surface area contributed by atoms with E-state index in [0.717, 1.165) is 22.1 Å². The van der Waals surface area contributed by atoms with Crippen molar-refractivity contribution in [3.8, 4) is 11.5 Å². The number of hydrogen-bond acceptors (Lipinski definition) is 3. The summed E-state index contributed by atoms with van der Waals surface area (Å²) in [6.07, 6.45) is 6.42. The fourth-order valence-corrected chi connectivity index (χ4v) is 2.85. The van der Waals surface area contributed by atoms with E-state index >= 15 is 0 Å². The van der Waals surface area contributed by atoms with E-state index in [-0.39, 0.29) is 0 Å². The molecule has 4 heteroatoms. The summed E-state index contributed by atoms with van der Waals surface area (Å²) in [7, 11) is 0. The molecule has 18 heavy (non-hydrogen) atoms. The molecule has 0 atom stereocenters. The molecule has 0 spiro atoms. The van der Waals surface area contributed by atoms with E-state index in [1.54, 1.807) is 0 Å². The Balaban J connectivity index is 1.68. The van der Waals surface area contributed by atoms with Crippen molar-refractivity contribution in [2.24, 2.45) is 0 Å². The van der Waals surface area contributed by atoms with E-state index in [0.29, 0.717) is 12.8 Å². The Bertz CT molecular complexity index is 455. The molecule has 1 aliphatic carbocycles. The van der Waals surface area contributed by atoms with Crippen LogP contribution in [0.3, 0.4) is 0 Å². The molecule has 0 saturated heterocycles. The van der Waals surface area contributed by atoms with E-state index in [2.05, 4.69) is 5.32 Å². The molecular weight excluding hydrogens is 246 g/mol. The van der Waals surface area contributed by atoms with Gasteiger partial charge in [0, 0.05) is 11.6 Å². The molecule has 0 amide bonds. The van der Waals surface area contributed by atoms with Crippen LogP contribution >= 0.6 is 12.2 Å². The minimum atomic E-state index is 0.307. The van der Waals surface area contributed by atoms with Crippen molar-refractivity contribution in [2.45, 2.75) is 38.1 Å². The average molecular weight is 263 g/mol. The fraction of sp³-hybridized carbons (Fsp3) is 0.500. The first-order chi connectivity index (χ1) is 8.83. The highest BCUT2D eigenvalue weighted by molar-refractivity contribution is 7.80. The molecule has 1 aliphatic heterocycles. The van der Waals surface area contributed by atoms with Gasteiger partial charge in [-0.1, -0.05) is 31.5 Å². The lowest BCUT2D eigenvalue weighted by Gasteiger charge is -2.24. The van der Waals surface area contributed by atoms with Crippen molar-refractivity contribution in [2.75, 3.05) is 6.79 Å². The minimum Gasteiger partial charge on any atom is -0.454 e. The Kier molecular flexibility index (Phi) is 3.37. The normalized spacial score (nSPS) is 18.7. The molecule has 0 radical (unpaired) electrons. The summed E-state index contributed by atoms with van der Waals surface area (Å²) in [5, 5.41) is 3.46. The summed E-state index contributed by atoms with van der Waals surface area (Å²) in [5.41, 5.74) is 1.01. The maximum absolute atomic E-state index is 5.47. The van der Waals surface area contributed by atoms with Gasteiger partial charge in [-0.3, -0.25) is 0 Å². The van der Waals surface area contributed by atoms with Crippen molar-refractivity contribution >= 4 is 17.2 Å². The molecule has 2 aliphatic rings. The van der Waals surface area contributed by atoms with Crippen LogP contribution in [-0.4, -0.2) is 17.8 Å². The largest absolute Gasteiger partial charge is 0.454 e. The van der Waals surface area contributed by atoms with E-state index in [1.165, 1.54) is 32.1 Å². The summed E-state index contributed by atoms with van der Waals surface area (Å²) in [6, 6.07) is 6.41. The Morgan fingerprint density at radius 2 is 1.89 bits per heavy atom. The van der Waals surface area contributed by atoms with E-state index in [1.807, 2.05) is 18.2 Å². The van der Waals surface area contributed by atoms with Crippen molar-refractivity contribution < 1.29 is 9.47 Å². The SMILES string of the molecule is S=C(NC1CCCCC1)c1ccc2c(c1)OCO2. The molecule has 0 aromatic heterocycles. The summed E-state index contributed by atoms with van der Waals surface area (Å²) in [4.78, 5) is 0.820. The number of benzene rings is 1. The summed E-state index contributed by atoms with van der Waals surface area (Å²) < 4.78 is 10.7. The Morgan fingerprint density at radius 1 is 1.11 bits per heavy atom. The molecule has 1 aromatic rings. The number of ether oxygens (including phenoxy) is 2. The van der Waals surface area contributed by atoms with Crippen LogP contribution in [0.5, 0.6) is 11.5 Å². The zero-order valence-corrected chi connectivity index (χ0v) is 11.1. The fourth-order valence-electron chi connectivity index (χ4n) is 2.55. The molecule has 1 fully saturated rings. The Morgan fingerprint density at radius 3 is 2.72 bits per heavy atom. The lowest BCUT2D eigenvalue weighted by atomic mass is 9.95. The standard InChI is InChI=1S/C14H17NO2S/c18-14(15-11-4-2-1-3-5-11)10-6-7-12-13(8-10)17-9-16-12/h6-8,11H,1-5,9H2,(H,15,18). The highest BCUT2D eigenvalue weighted by atomic mass is 32.1. The third-order valence-electron chi connectivity index (χ3n) is 3.58. The van der Waals surface area contributed by atoms with Crippen LogP contribution in [0.4, 0.5) is 0 Å². The summed E-state index contributed by atoms with van der Waals surface area (Å²) >= 11 is 5.47. The van der Waals surface area contributed by atoms with Gasteiger partial charge in [0.1, 0.15) is 4.99 Å². The van der Waals surface area contributed by atoms with Gasteiger partial charge in [-0.05, 0) is 31.0 Å². The number of rotatable bonds is 2. The van der Waals surface area contributed by atoms with Crippen LogP contribution in [0.2, 0.25) is 0 Å².